The zero-order valence-electron chi connectivity index (χ0n) is 20.1. The largest absolute Gasteiger partial charge is 0.496 e. The third-order valence-corrected chi connectivity index (χ3v) is 7.53. The SMILES string of the molecule is COc1ccccc1-c1nn(O)c2nc(NC3CCC(NS(=O)(=O)CCC(F)(F)F)CC3)nc(OC)c12. The molecular weight excluding hydrogens is 517 g/mol. The van der Waals surface area contributed by atoms with E-state index in [1.165, 1.54) is 14.2 Å². The summed E-state index contributed by atoms with van der Waals surface area (Å²) in [5.41, 5.74) is 1.10. The number of benzene rings is 1. The highest BCUT2D eigenvalue weighted by Gasteiger charge is 2.32. The van der Waals surface area contributed by atoms with Crippen molar-refractivity contribution in [2.24, 2.45) is 0 Å². The summed E-state index contributed by atoms with van der Waals surface area (Å²) in [6.45, 7) is 0. The highest BCUT2D eigenvalue weighted by molar-refractivity contribution is 7.89. The molecule has 4 rings (SSSR count). The van der Waals surface area contributed by atoms with Gasteiger partial charge in [0.25, 0.3) is 0 Å². The van der Waals surface area contributed by atoms with Gasteiger partial charge >= 0.3 is 6.18 Å². The van der Waals surface area contributed by atoms with Crippen LogP contribution >= 0.6 is 0 Å². The topological polar surface area (TPSA) is 140 Å². The maximum absolute atomic E-state index is 12.4. The third-order valence-electron chi connectivity index (χ3n) is 6.09. The molecule has 0 bridgehead atoms. The summed E-state index contributed by atoms with van der Waals surface area (Å²) in [5.74, 6) is -0.0914. The van der Waals surface area contributed by atoms with Crippen LogP contribution in [0, 0.1) is 0 Å². The van der Waals surface area contributed by atoms with E-state index in [1.807, 2.05) is 0 Å². The summed E-state index contributed by atoms with van der Waals surface area (Å²) in [6, 6.07) is 6.57. The number of sulfonamides is 1. The van der Waals surface area contributed by atoms with E-state index >= 15 is 0 Å². The predicted molar refractivity (Wildman–Crippen MR) is 128 cm³/mol. The van der Waals surface area contributed by atoms with Gasteiger partial charge in [-0.05, 0) is 37.8 Å². The number of fused-ring (bicyclic) bond motifs is 1. The van der Waals surface area contributed by atoms with Gasteiger partial charge in [0.05, 0.1) is 26.4 Å². The number of nitrogens with zero attached hydrogens (tertiary/aromatic N) is 4. The first-order valence-electron chi connectivity index (χ1n) is 11.5. The Labute approximate surface area is 211 Å². The minimum atomic E-state index is -4.53. The van der Waals surface area contributed by atoms with Crippen LogP contribution in [-0.2, 0) is 10.0 Å². The molecule has 1 saturated carbocycles. The zero-order chi connectivity index (χ0) is 26.8. The van der Waals surface area contributed by atoms with E-state index in [4.69, 9.17) is 9.47 Å². The van der Waals surface area contributed by atoms with Gasteiger partial charge in [-0.2, -0.15) is 23.1 Å². The van der Waals surface area contributed by atoms with Crippen LogP contribution in [0.4, 0.5) is 19.1 Å². The molecular formula is C22H27F3N6O5S. The standard InChI is InChI=1S/C22H27F3N6O5S/c1-35-16-6-4-3-5-15(16)18-17-19(31(32)29-18)27-21(28-20(17)36-2)26-13-7-9-14(10-8-13)30-37(33,34)12-11-22(23,24)25/h3-6,13-14,30,32H,7-12H2,1-2H3,(H,26,27,28). The number of rotatable bonds is 9. The van der Waals surface area contributed by atoms with E-state index in [0.717, 1.165) is 0 Å². The molecule has 11 nitrogen and oxygen atoms in total. The first-order chi connectivity index (χ1) is 17.5. The van der Waals surface area contributed by atoms with Crippen LogP contribution in [0.15, 0.2) is 24.3 Å². The van der Waals surface area contributed by atoms with Gasteiger partial charge in [-0.25, -0.2) is 13.1 Å². The lowest BCUT2D eigenvalue weighted by atomic mass is 9.92. The molecule has 3 N–H and O–H groups in total. The molecule has 15 heteroatoms. The van der Waals surface area contributed by atoms with Crippen molar-refractivity contribution < 1.29 is 36.3 Å². The molecule has 3 aromatic rings. The van der Waals surface area contributed by atoms with Crippen molar-refractivity contribution in [3.8, 4) is 22.9 Å². The Balaban J connectivity index is 1.47. The Hall–Kier alpha value is -3.33. The maximum Gasteiger partial charge on any atom is 0.390 e. The summed E-state index contributed by atoms with van der Waals surface area (Å²) in [7, 11) is -1.08. The summed E-state index contributed by atoms with van der Waals surface area (Å²) in [6.07, 6.45) is -4.00. The molecule has 0 amide bonds. The Morgan fingerprint density at radius 3 is 2.41 bits per heavy atom. The Morgan fingerprint density at radius 2 is 1.76 bits per heavy atom. The minimum absolute atomic E-state index is 0.112. The molecule has 202 valence electrons. The van der Waals surface area contributed by atoms with Crippen LogP contribution in [-0.4, -0.2) is 71.8 Å². The van der Waals surface area contributed by atoms with Crippen LogP contribution in [0.2, 0.25) is 0 Å². The Kier molecular flexibility index (Phi) is 7.64. The molecule has 1 aliphatic rings. The lowest BCUT2D eigenvalue weighted by Gasteiger charge is -2.29. The van der Waals surface area contributed by atoms with Crippen LogP contribution in [0.1, 0.15) is 32.1 Å². The summed E-state index contributed by atoms with van der Waals surface area (Å²) < 4.78 is 74.3. The normalized spacial score (nSPS) is 18.6. The highest BCUT2D eigenvalue weighted by Crippen LogP contribution is 2.37. The molecule has 0 unspecified atom stereocenters. The van der Waals surface area contributed by atoms with Crippen molar-refractivity contribution >= 4 is 27.0 Å². The molecule has 0 spiro atoms. The van der Waals surface area contributed by atoms with Gasteiger partial charge in [-0.15, -0.1) is 5.10 Å². The highest BCUT2D eigenvalue weighted by atomic mass is 32.2. The number of nitrogens with one attached hydrogen (secondary N) is 2. The second-order valence-corrected chi connectivity index (χ2v) is 10.6. The van der Waals surface area contributed by atoms with Crippen LogP contribution in [0.25, 0.3) is 22.3 Å². The molecule has 1 aliphatic carbocycles. The molecule has 1 aromatic carbocycles. The van der Waals surface area contributed by atoms with Gasteiger partial charge < -0.3 is 20.0 Å². The van der Waals surface area contributed by atoms with Crippen LogP contribution < -0.4 is 19.5 Å². The number of alkyl halides is 3. The first-order valence-corrected chi connectivity index (χ1v) is 13.2. The van der Waals surface area contributed by atoms with Crippen LogP contribution in [0.3, 0.4) is 0 Å². The molecule has 0 radical (unpaired) electrons. The second kappa shape index (κ2) is 10.6. The van der Waals surface area contributed by atoms with E-state index in [1.54, 1.807) is 24.3 Å². The number of halogens is 3. The lowest BCUT2D eigenvalue weighted by molar-refractivity contribution is -0.130. The predicted octanol–water partition coefficient (Wildman–Crippen LogP) is 3.34. The van der Waals surface area contributed by atoms with E-state index in [2.05, 4.69) is 25.1 Å². The molecule has 2 aromatic heterocycles. The molecule has 37 heavy (non-hydrogen) atoms. The first kappa shape index (κ1) is 26.7. The van der Waals surface area contributed by atoms with Gasteiger partial charge in [0.2, 0.25) is 27.5 Å². The minimum Gasteiger partial charge on any atom is -0.496 e. The molecule has 2 heterocycles. The van der Waals surface area contributed by atoms with Crippen molar-refractivity contribution in [1.29, 1.82) is 0 Å². The van der Waals surface area contributed by atoms with E-state index in [0.29, 0.717) is 52.9 Å². The quantitative estimate of drug-likeness (QED) is 0.346. The number of para-hydroxylation sites is 1. The molecule has 0 saturated heterocycles. The zero-order valence-corrected chi connectivity index (χ0v) is 20.9. The van der Waals surface area contributed by atoms with Crippen molar-refractivity contribution in [2.75, 3.05) is 25.3 Å². The van der Waals surface area contributed by atoms with Gasteiger partial charge in [0, 0.05) is 17.6 Å². The third kappa shape index (κ3) is 6.33. The number of hydrogen-bond donors (Lipinski definition) is 3. The van der Waals surface area contributed by atoms with Gasteiger partial charge in [-0.3, -0.25) is 0 Å². The summed E-state index contributed by atoms with van der Waals surface area (Å²) in [4.78, 5) is 9.46. The van der Waals surface area contributed by atoms with Crippen LogP contribution in [0.5, 0.6) is 11.6 Å². The van der Waals surface area contributed by atoms with E-state index in [9.17, 15) is 26.8 Å². The fraction of sp³-hybridized carbons (Fsp3) is 0.500. The second-order valence-electron chi connectivity index (χ2n) is 8.69. The maximum atomic E-state index is 12.4. The average Bonchev–Trinajstić information content (AvgIpc) is 3.19. The van der Waals surface area contributed by atoms with Gasteiger partial charge in [0.15, 0.2) is 0 Å². The monoisotopic (exact) mass is 544 g/mol. The number of methoxy groups -OCH3 is 2. The molecule has 0 aliphatic heterocycles. The van der Waals surface area contributed by atoms with E-state index in [-0.39, 0.29) is 23.5 Å². The van der Waals surface area contributed by atoms with Crippen molar-refractivity contribution in [2.45, 2.75) is 50.4 Å². The van der Waals surface area contributed by atoms with Crippen molar-refractivity contribution in [3.05, 3.63) is 24.3 Å². The average molecular weight is 545 g/mol. The number of hydrogen-bond acceptors (Lipinski definition) is 9. The summed E-state index contributed by atoms with van der Waals surface area (Å²) in [5, 5.41) is 18.2. The van der Waals surface area contributed by atoms with Gasteiger partial charge in [-0.1, -0.05) is 17.0 Å². The molecule has 0 atom stereocenters. The number of aromatic nitrogens is 4. The van der Waals surface area contributed by atoms with E-state index < -0.39 is 34.4 Å². The van der Waals surface area contributed by atoms with Gasteiger partial charge in [0.1, 0.15) is 16.8 Å². The number of ether oxygens (including phenoxy) is 2. The van der Waals surface area contributed by atoms with Crippen molar-refractivity contribution in [1.82, 2.24) is 24.6 Å². The smallest absolute Gasteiger partial charge is 0.390 e. The summed E-state index contributed by atoms with van der Waals surface area (Å²) >= 11 is 0. The Bertz CT molecular complexity index is 1360. The lowest BCUT2D eigenvalue weighted by Crippen LogP contribution is -2.41. The number of anilines is 1. The van der Waals surface area contributed by atoms with Crippen molar-refractivity contribution in [3.63, 3.8) is 0 Å². The fourth-order valence-corrected chi connectivity index (χ4v) is 5.68. The Morgan fingerprint density at radius 1 is 1.08 bits per heavy atom. The molecule has 1 fully saturated rings. The fourth-order valence-electron chi connectivity index (χ4n) is 4.32.